The zero-order chi connectivity index (χ0) is 64.8. The van der Waals surface area contributed by atoms with E-state index in [4.69, 9.17) is 22.3 Å². The smallest absolute Gasteiger partial charge is 0.149 e. The lowest BCUT2D eigenvalue weighted by atomic mass is 9.68. The minimum absolute atomic E-state index is 0.0670. The number of pyridine rings is 1. The van der Waals surface area contributed by atoms with Gasteiger partial charge in [0.05, 0.1) is 28.0 Å². The quantitative estimate of drug-likeness (QED) is 0.118. The summed E-state index contributed by atoms with van der Waals surface area (Å²) in [6.45, 7) is 13.5. The first kappa shape index (κ1) is 37.5. The fourth-order valence-corrected chi connectivity index (χ4v) is 10.3. The first-order valence-corrected chi connectivity index (χ1v) is 25.9. The van der Waals surface area contributed by atoms with E-state index in [1.54, 1.807) is 56.7 Å². The van der Waals surface area contributed by atoms with Crippen molar-refractivity contribution in [2.75, 3.05) is 0 Å². The molecule has 0 saturated heterocycles. The number of nitrogens with zero attached hydrogens (tertiary/aromatic N) is 3. The van der Waals surface area contributed by atoms with Crippen LogP contribution in [0.15, 0.2) is 128 Å². The number of phenolic OH excluding ortho intramolecular Hbond substituents is 1. The summed E-state index contributed by atoms with van der Waals surface area (Å²) in [5, 5.41) is 12.6. The van der Waals surface area contributed by atoms with Crippen molar-refractivity contribution in [1.82, 2.24) is 14.5 Å². The SMILES string of the molecule is [2H]C([2H])([2H])c1cc(-c2c(C(C)(CC)CC)cccc2C(C)(CC)CC)ccc1-n1c(-c2cc(C([2H])(C)C)cc(C([2H])(C)C)c2O)nc2c(-c3cc(-c4cc(-c5ccc(C(C([2H])([2H])[2H])(C([2H])([2H])[2H])C([2H])([2H])[2H])cc5)ccn4)cc(C(C)(C)C)c3)cccc21. The molecule has 380 valence electrons. The number of benzene rings is 6. The topological polar surface area (TPSA) is 50.9 Å². The summed E-state index contributed by atoms with van der Waals surface area (Å²) in [5.41, 5.74) is 6.97. The van der Waals surface area contributed by atoms with Gasteiger partial charge in [-0.3, -0.25) is 9.55 Å². The van der Waals surface area contributed by atoms with E-state index in [0.717, 1.165) is 59.1 Å². The molecule has 0 amide bonds. The number of imidazole rings is 1. The number of fused-ring (bicyclic) bond motifs is 1. The summed E-state index contributed by atoms with van der Waals surface area (Å²) in [6, 6.07) is 36.7. The summed E-state index contributed by atoms with van der Waals surface area (Å²) in [6.07, 6.45) is 5.09. The van der Waals surface area contributed by atoms with Gasteiger partial charge in [0.25, 0.3) is 0 Å². The van der Waals surface area contributed by atoms with Crippen LogP contribution in [0.5, 0.6) is 5.75 Å². The van der Waals surface area contributed by atoms with E-state index >= 15 is 0 Å². The van der Waals surface area contributed by atoms with Crippen LogP contribution in [0.3, 0.4) is 0 Å². The van der Waals surface area contributed by atoms with Crippen LogP contribution in [-0.2, 0) is 21.7 Å². The van der Waals surface area contributed by atoms with Crippen molar-refractivity contribution >= 4 is 11.0 Å². The standard InChI is InChI=1S/C69H83N3O/c1-18-68(16,19-2)57-25-23-26-58(69(17,20-3)21-4)62(57)48-30-33-60(45(9)36-48)72-61-27-22-24-54(63(61)71-65(72)56-41-49(43(5)6)40-55(44(7)8)64(56)73)50-37-51(39-53(38-50)67(13,14)15)59-42-47(34-35-70-59)46-28-31-52(32-29-46)66(10,11)12/h22-44,73H,18-21H2,1-17H3/i9D3,10D3,11D3,12D3,43D,44D. The summed E-state index contributed by atoms with van der Waals surface area (Å²) >= 11 is 0. The highest BCUT2D eigenvalue weighted by atomic mass is 16.3. The van der Waals surface area contributed by atoms with E-state index in [0.29, 0.717) is 50.2 Å². The van der Waals surface area contributed by atoms with Crippen molar-refractivity contribution in [3.8, 4) is 67.5 Å². The highest BCUT2D eigenvalue weighted by Gasteiger charge is 2.33. The molecule has 2 aromatic heterocycles. The Labute approximate surface area is 459 Å². The van der Waals surface area contributed by atoms with Crippen LogP contribution in [0, 0.1) is 6.85 Å². The number of aromatic hydroxyl groups is 1. The third-order valence-electron chi connectivity index (χ3n) is 16.0. The molecule has 0 spiro atoms. The number of hydrogen-bond donors (Lipinski definition) is 1. The molecule has 8 aromatic rings. The molecule has 0 bridgehead atoms. The van der Waals surface area contributed by atoms with Crippen LogP contribution < -0.4 is 0 Å². The van der Waals surface area contributed by atoms with Gasteiger partial charge in [-0.15, -0.1) is 0 Å². The number of rotatable bonds is 14. The minimum Gasteiger partial charge on any atom is -0.507 e. The van der Waals surface area contributed by atoms with E-state index in [2.05, 4.69) is 92.6 Å². The predicted octanol–water partition coefficient (Wildman–Crippen LogP) is 19.8. The van der Waals surface area contributed by atoms with E-state index in [9.17, 15) is 12.0 Å². The highest BCUT2D eigenvalue weighted by molar-refractivity contribution is 5.97. The van der Waals surface area contributed by atoms with Gasteiger partial charge in [-0.1, -0.05) is 183 Å². The van der Waals surface area contributed by atoms with Gasteiger partial charge in [0.2, 0.25) is 0 Å². The van der Waals surface area contributed by atoms with Crippen molar-refractivity contribution in [2.24, 2.45) is 0 Å². The average molecular weight is 985 g/mol. The molecule has 8 rings (SSSR count). The third-order valence-corrected chi connectivity index (χ3v) is 16.0. The molecule has 0 saturated carbocycles. The maximum Gasteiger partial charge on any atom is 0.149 e. The Kier molecular flexibility index (Phi) is 10.4. The van der Waals surface area contributed by atoms with Crippen LogP contribution >= 0.6 is 0 Å². The first-order chi connectivity index (χ1) is 40.0. The van der Waals surface area contributed by atoms with Gasteiger partial charge in [-0.25, -0.2) is 4.98 Å². The highest BCUT2D eigenvalue weighted by Crippen LogP contribution is 2.48. The van der Waals surface area contributed by atoms with Gasteiger partial charge >= 0.3 is 0 Å². The van der Waals surface area contributed by atoms with E-state index in [1.165, 1.54) is 24.3 Å². The van der Waals surface area contributed by atoms with Crippen molar-refractivity contribution in [3.63, 3.8) is 0 Å². The molecule has 4 nitrogen and oxygen atoms in total. The van der Waals surface area contributed by atoms with Gasteiger partial charge < -0.3 is 5.11 Å². The lowest BCUT2D eigenvalue weighted by Crippen LogP contribution is -2.25. The second-order valence-electron chi connectivity index (χ2n) is 22.2. The summed E-state index contributed by atoms with van der Waals surface area (Å²) in [7, 11) is 0. The minimum atomic E-state index is -3.41. The average Bonchev–Trinajstić information content (AvgIpc) is 1.30. The normalized spacial score (nSPS) is 16.5. The second-order valence-corrected chi connectivity index (χ2v) is 22.2. The van der Waals surface area contributed by atoms with Crippen molar-refractivity contribution in [1.29, 1.82) is 0 Å². The Morgan fingerprint density at radius 2 is 1.22 bits per heavy atom. The zero-order valence-corrected chi connectivity index (χ0v) is 45.2. The maximum atomic E-state index is 12.6. The Balaban J connectivity index is 1.43. The molecule has 0 unspecified atom stereocenters. The molecule has 6 aromatic carbocycles. The molecule has 0 fully saturated rings. The van der Waals surface area contributed by atoms with Crippen molar-refractivity contribution < 1.29 is 24.3 Å². The molecule has 0 radical (unpaired) electrons. The summed E-state index contributed by atoms with van der Waals surface area (Å²) < 4.78 is 123. The lowest BCUT2D eigenvalue weighted by Gasteiger charge is -2.36. The Hall–Kier alpha value is -6.26. The number of para-hydroxylation sites is 1. The van der Waals surface area contributed by atoms with Gasteiger partial charge in [0, 0.05) is 36.5 Å². The van der Waals surface area contributed by atoms with Gasteiger partial charge in [-0.05, 0) is 181 Å². The largest absolute Gasteiger partial charge is 0.507 e. The van der Waals surface area contributed by atoms with Crippen molar-refractivity contribution in [2.45, 2.75) is 177 Å². The Bertz CT molecular complexity index is 3780. The maximum absolute atomic E-state index is 12.6. The Morgan fingerprint density at radius 3 is 1.81 bits per heavy atom. The number of phenols is 1. The van der Waals surface area contributed by atoms with Gasteiger partial charge in [0.15, 0.2) is 0 Å². The molecule has 4 heteroatoms. The molecule has 0 aliphatic carbocycles. The van der Waals surface area contributed by atoms with Gasteiger partial charge in [-0.2, -0.15) is 0 Å². The van der Waals surface area contributed by atoms with E-state index < -0.39 is 50.0 Å². The Morgan fingerprint density at radius 1 is 0.589 bits per heavy atom. The zero-order valence-electron chi connectivity index (χ0n) is 59.2. The van der Waals surface area contributed by atoms with E-state index in [1.807, 2.05) is 48.5 Å². The molecule has 0 atom stereocenters. The van der Waals surface area contributed by atoms with Crippen LogP contribution in [0.1, 0.15) is 206 Å². The molecular formula is C69H83N3O. The summed E-state index contributed by atoms with van der Waals surface area (Å²) in [4.78, 5) is 10.3. The van der Waals surface area contributed by atoms with Crippen LogP contribution in [0.4, 0.5) is 0 Å². The molecular weight excluding hydrogens is 887 g/mol. The molecule has 73 heavy (non-hydrogen) atoms. The fourth-order valence-electron chi connectivity index (χ4n) is 10.3. The number of hydrogen-bond acceptors (Lipinski definition) is 3. The monoisotopic (exact) mass is 984 g/mol. The van der Waals surface area contributed by atoms with E-state index in [-0.39, 0.29) is 44.7 Å². The second kappa shape index (κ2) is 20.2. The molecule has 0 aliphatic rings. The van der Waals surface area contributed by atoms with Crippen LogP contribution in [0.25, 0.3) is 72.7 Å². The number of aromatic nitrogens is 3. The molecule has 1 N–H and O–H groups in total. The molecule has 0 aliphatic heterocycles. The third kappa shape index (κ3) is 10.1. The fraction of sp³-hybridized carbons (Fsp3) is 0.391. The van der Waals surface area contributed by atoms with Crippen molar-refractivity contribution in [3.05, 3.63) is 166 Å². The van der Waals surface area contributed by atoms with Gasteiger partial charge in [0.1, 0.15) is 11.6 Å². The first-order valence-electron chi connectivity index (χ1n) is 32.9. The van der Waals surface area contributed by atoms with Crippen LogP contribution in [-0.4, -0.2) is 19.6 Å². The number of aryl methyl sites for hydroxylation is 1. The van der Waals surface area contributed by atoms with Crippen LogP contribution in [0.2, 0.25) is 0 Å². The molecule has 2 heterocycles. The summed E-state index contributed by atoms with van der Waals surface area (Å²) in [5.74, 6) is -2.53. The predicted molar refractivity (Wildman–Crippen MR) is 314 cm³/mol. The lowest BCUT2D eigenvalue weighted by molar-refractivity contribution is 0.426.